The van der Waals surface area contributed by atoms with E-state index in [2.05, 4.69) is 12.2 Å². The summed E-state index contributed by atoms with van der Waals surface area (Å²) in [5.41, 5.74) is 4.55. The predicted molar refractivity (Wildman–Crippen MR) is 130 cm³/mol. The standard InChI is InChI=1S/C27H42N4O4/c1-17-8-9-18-12-21-22(23(33)34)25(35,16-32)14-26(17,21)27(18)15-31(11-10-19(27)13-29-2)24(28)30-20-6-4-3-5-7-20/h16-20,29,35H,3-15H2,1-2H3,(H2,28,30)(H,33,34). The summed E-state index contributed by atoms with van der Waals surface area (Å²) in [5, 5.41) is 27.1. The van der Waals surface area contributed by atoms with Gasteiger partial charge in [-0.25, -0.2) is 4.99 Å². The third kappa shape index (κ3) is 3.46. The minimum absolute atomic E-state index is 0.146. The summed E-state index contributed by atoms with van der Waals surface area (Å²) >= 11 is 0. The van der Waals surface area contributed by atoms with E-state index in [0.29, 0.717) is 36.5 Å². The maximum absolute atomic E-state index is 12.3. The highest BCUT2D eigenvalue weighted by molar-refractivity contribution is 5.96. The number of rotatable bonds is 5. The van der Waals surface area contributed by atoms with Gasteiger partial charge in [0.15, 0.2) is 6.29 Å². The van der Waals surface area contributed by atoms with Crippen LogP contribution in [0, 0.1) is 28.6 Å². The highest BCUT2D eigenvalue weighted by Crippen LogP contribution is 2.76. The van der Waals surface area contributed by atoms with Gasteiger partial charge in [-0.2, -0.15) is 0 Å². The number of piperidine rings is 1. The minimum atomic E-state index is -1.98. The zero-order chi connectivity index (χ0) is 25.0. The van der Waals surface area contributed by atoms with Gasteiger partial charge in [0.1, 0.15) is 5.60 Å². The molecule has 35 heavy (non-hydrogen) atoms. The normalized spacial score (nSPS) is 44.0. The number of hydrogen-bond acceptors (Lipinski definition) is 6. The number of aliphatic hydroxyl groups is 1. The number of carboxylic acid groups (broad SMARTS) is 1. The van der Waals surface area contributed by atoms with E-state index in [1.54, 1.807) is 0 Å². The first-order valence-electron chi connectivity index (χ1n) is 13.7. The molecule has 8 nitrogen and oxygen atoms in total. The molecular weight excluding hydrogens is 444 g/mol. The molecule has 4 fully saturated rings. The maximum atomic E-state index is 12.3. The SMILES string of the molecule is CNCC1CC[NH+](C(N)=NC2CCCCC2)CC12C1CCC(C)C23CC(O)(C=O)C(C(=O)[O-])=C3C1. The van der Waals surface area contributed by atoms with Crippen molar-refractivity contribution in [3.05, 3.63) is 11.1 Å². The highest BCUT2D eigenvalue weighted by Gasteiger charge is 2.75. The quantitative estimate of drug-likeness (QED) is 0.237. The average molecular weight is 487 g/mol. The Hall–Kier alpha value is -1.77. The molecule has 7 atom stereocenters. The number of quaternary nitrogens is 1. The molecule has 0 amide bonds. The van der Waals surface area contributed by atoms with Crippen molar-refractivity contribution in [1.82, 2.24) is 5.32 Å². The van der Waals surface area contributed by atoms with Crippen LogP contribution in [0.4, 0.5) is 0 Å². The molecule has 1 saturated heterocycles. The van der Waals surface area contributed by atoms with Gasteiger partial charge in [0.05, 0.1) is 25.1 Å². The van der Waals surface area contributed by atoms with Crippen LogP contribution in [0.5, 0.6) is 0 Å². The lowest BCUT2D eigenvalue weighted by Crippen LogP contribution is -3.19. The van der Waals surface area contributed by atoms with Gasteiger partial charge in [-0.05, 0) is 69.9 Å². The second-order valence-corrected chi connectivity index (χ2v) is 12.1. The van der Waals surface area contributed by atoms with Crippen LogP contribution < -0.4 is 21.1 Å². The van der Waals surface area contributed by atoms with Crippen molar-refractivity contribution in [2.24, 2.45) is 39.3 Å². The first-order chi connectivity index (χ1) is 16.7. The van der Waals surface area contributed by atoms with E-state index in [1.165, 1.54) is 24.2 Å². The van der Waals surface area contributed by atoms with Crippen LogP contribution in [-0.2, 0) is 9.59 Å². The Morgan fingerprint density at radius 2 is 2.00 bits per heavy atom. The molecule has 4 aliphatic carbocycles. The largest absolute Gasteiger partial charge is 0.545 e. The van der Waals surface area contributed by atoms with Gasteiger partial charge in [0.2, 0.25) is 0 Å². The minimum Gasteiger partial charge on any atom is -0.545 e. The second kappa shape index (κ2) is 8.96. The second-order valence-electron chi connectivity index (χ2n) is 12.1. The first-order valence-corrected chi connectivity index (χ1v) is 13.7. The number of carboxylic acids is 1. The summed E-state index contributed by atoms with van der Waals surface area (Å²) in [6.45, 7) is 4.69. The van der Waals surface area contributed by atoms with Crippen molar-refractivity contribution in [1.29, 1.82) is 0 Å². The Morgan fingerprint density at radius 3 is 2.66 bits per heavy atom. The van der Waals surface area contributed by atoms with Gasteiger partial charge in [-0.15, -0.1) is 0 Å². The number of allylic oxidation sites excluding steroid dienone is 1. The number of nitrogens with zero attached hydrogens (tertiary/aromatic N) is 1. The molecule has 0 radical (unpaired) electrons. The van der Waals surface area contributed by atoms with Crippen LogP contribution in [0.3, 0.4) is 0 Å². The van der Waals surface area contributed by atoms with E-state index < -0.39 is 17.0 Å². The lowest BCUT2D eigenvalue weighted by Gasteiger charge is -2.60. The Balaban J connectivity index is 1.61. The molecule has 0 aromatic rings. The Labute approximate surface area is 208 Å². The Kier molecular flexibility index (Phi) is 6.38. The predicted octanol–water partition coefficient (Wildman–Crippen LogP) is -0.439. The number of aliphatic carboxylic acids is 1. The van der Waals surface area contributed by atoms with Crippen molar-refractivity contribution in [3.63, 3.8) is 0 Å². The van der Waals surface area contributed by atoms with Crippen LogP contribution >= 0.6 is 0 Å². The molecule has 5 aliphatic rings. The first kappa shape index (κ1) is 24.9. The van der Waals surface area contributed by atoms with E-state index in [0.717, 1.165) is 57.3 Å². The van der Waals surface area contributed by atoms with Crippen molar-refractivity contribution in [2.45, 2.75) is 82.8 Å². The average Bonchev–Trinajstić information content (AvgIpc) is 3.19. The Morgan fingerprint density at radius 1 is 1.26 bits per heavy atom. The molecule has 1 heterocycles. The number of guanidine groups is 1. The van der Waals surface area contributed by atoms with E-state index in [4.69, 9.17) is 10.7 Å². The molecular formula is C27H42N4O4. The van der Waals surface area contributed by atoms with E-state index in [9.17, 15) is 19.8 Å². The van der Waals surface area contributed by atoms with Gasteiger partial charge in [0.25, 0.3) is 5.96 Å². The molecule has 194 valence electrons. The maximum Gasteiger partial charge on any atom is 0.293 e. The van der Waals surface area contributed by atoms with Gasteiger partial charge in [-0.1, -0.05) is 31.8 Å². The third-order valence-electron chi connectivity index (χ3n) is 10.8. The number of aldehydes is 1. The van der Waals surface area contributed by atoms with Crippen molar-refractivity contribution in [3.8, 4) is 0 Å². The lowest BCUT2D eigenvalue weighted by atomic mass is 9.45. The molecule has 0 aromatic carbocycles. The summed E-state index contributed by atoms with van der Waals surface area (Å²) in [7, 11) is 1.97. The fraction of sp³-hybridized carbons (Fsp3) is 0.815. The molecule has 2 bridgehead atoms. The fourth-order valence-electron chi connectivity index (χ4n) is 9.45. The smallest absolute Gasteiger partial charge is 0.293 e. The van der Waals surface area contributed by atoms with E-state index in [-0.39, 0.29) is 23.3 Å². The zero-order valence-electron chi connectivity index (χ0n) is 21.3. The number of likely N-dealkylation sites (tertiary alicyclic amines) is 1. The molecule has 3 saturated carbocycles. The fourth-order valence-corrected chi connectivity index (χ4v) is 9.45. The van der Waals surface area contributed by atoms with E-state index in [1.807, 2.05) is 7.05 Å². The number of nitrogens with two attached hydrogens (primary N) is 1. The molecule has 5 N–H and O–H groups in total. The van der Waals surface area contributed by atoms with Crippen molar-refractivity contribution in [2.75, 3.05) is 26.7 Å². The van der Waals surface area contributed by atoms with Crippen molar-refractivity contribution < 1.29 is 24.7 Å². The summed E-state index contributed by atoms with van der Waals surface area (Å²) in [6, 6.07) is 0.300. The molecule has 8 heteroatoms. The summed E-state index contributed by atoms with van der Waals surface area (Å²) in [4.78, 5) is 30.7. The number of aliphatic imine (C=N–C) groups is 1. The molecule has 2 spiro atoms. The van der Waals surface area contributed by atoms with Crippen LogP contribution in [-0.4, -0.2) is 61.6 Å². The third-order valence-corrected chi connectivity index (χ3v) is 10.8. The monoisotopic (exact) mass is 486 g/mol. The van der Waals surface area contributed by atoms with Crippen molar-refractivity contribution >= 4 is 18.2 Å². The van der Waals surface area contributed by atoms with Gasteiger partial charge >= 0.3 is 0 Å². The van der Waals surface area contributed by atoms with Gasteiger partial charge in [0, 0.05) is 22.8 Å². The van der Waals surface area contributed by atoms with Crippen LogP contribution in [0.15, 0.2) is 16.1 Å². The summed E-state index contributed by atoms with van der Waals surface area (Å²) in [6.07, 6.45) is 10.0. The molecule has 7 unspecified atom stereocenters. The highest BCUT2D eigenvalue weighted by atomic mass is 16.4. The van der Waals surface area contributed by atoms with E-state index >= 15 is 0 Å². The number of carbonyl (C=O) groups excluding carboxylic acids is 2. The Bertz CT molecular complexity index is 943. The summed E-state index contributed by atoms with van der Waals surface area (Å²) in [5.74, 6) is 0.0543. The molecule has 0 aromatic heterocycles. The number of hydrogen-bond donors (Lipinski definition) is 4. The molecule has 5 rings (SSSR count). The zero-order valence-corrected chi connectivity index (χ0v) is 21.3. The summed E-state index contributed by atoms with van der Waals surface area (Å²) < 4.78 is 0. The van der Waals surface area contributed by atoms with Gasteiger partial charge < -0.3 is 26.1 Å². The number of nitrogens with one attached hydrogen (secondary N) is 2. The van der Waals surface area contributed by atoms with Gasteiger partial charge in [-0.3, -0.25) is 9.69 Å². The topological polar surface area (TPSA) is 132 Å². The van der Waals surface area contributed by atoms with Crippen LogP contribution in [0.25, 0.3) is 0 Å². The lowest BCUT2D eigenvalue weighted by molar-refractivity contribution is -0.829. The number of carbonyl (C=O) groups is 2. The van der Waals surface area contributed by atoms with Crippen LogP contribution in [0.1, 0.15) is 71.1 Å². The van der Waals surface area contributed by atoms with Crippen LogP contribution in [0.2, 0.25) is 0 Å². The molecule has 1 aliphatic heterocycles.